The molecule has 0 aliphatic rings. The maximum atomic E-state index is 12.2. The van der Waals surface area contributed by atoms with E-state index >= 15 is 0 Å². The molecule has 1 atom stereocenters. The van der Waals surface area contributed by atoms with Crippen LogP contribution >= 0.6 is 22.9 Å². The van der Waals surface area contributed by atoms with Crippen LogP contribution < -0.4 is 4.72 Å². The van der Waals surface area contributed by atoms with E-state index in [1.54, 1.807) is 6.07 Å². The SMILES string of the molecule is Cc1ccc(S(=O)(=O)NC(CCCl)C(C)(C)C)s1. The number of rotatable bonds is 5. The molecular weight excluding hydrogens is 290 g/mol. The molecule has 0 aromatic carbocycles. The van der Waals surface area contributed by atoms with Crippen LogP contribution in [-0.2, 0) is 10.0 Å². The summed E-state index contributed by atoms with van der Waals surface area (Å²) in [5.41, 5.74) is -0.158. The quantitative estimate of drug-likeness (QED) is 0.848. The molecule has 0 radical (unpaired) electrons. The Hall–Kier alpha value is -0.100. The molecule has 0 saturated heterocycles. The summed E-state index contributed by atoms with van der Waals surface area (Å²) < 4.78 is 27.6. The summed E-state index contributed by atoms with van der Waals surface area (Å²) in [4.78, 5) is 0.986. The zero-order valence-corrected chi connectivity index (χ0v) is 13.5. The third-order valence-electron chi connectivity index (χ3n) is 2.72. The van der Waals surface area contributed by atoms with Gasteiger partial charge in [0, 0.05) is 16.8 Å². The van der Waals surface area contributed by atoms with Crippen LogP contribution in [0.25, 0.3) is 0 Å². The summed E-state index contributed by atoms with van der Waals surface area (Å²) in [5.74, 6) is 0.438. The maximum Gasteiger partial charge on any atom is 0.250 e. The monoisotopic (exact) mass is 309 g/mol. The normalized spacial score (nSPS) is 14.7. The van der Waals surface area contributed by atoms with Gasteiger partial charge in [-0.1, -0.05) is 20.8 Å². The van der Waals surface area contributed by atoms with Gasteiger partial charge in [-0.2, -0.15) is 0 Å². The second-order valence-corrected chi connectivity index (χ2v) is 8.99. The minimum absolute atomic E-state index is 0.158. The zero-order chi connectivity index (χ0) is 14.0. The summed E-state index contributed by atoms with van der Waals surface area (Å²) in [6, 6.07) is 3.29. The van der Waals surface area contributed by atoms with Gasteiger partial charge < -0.3 is 0 Å². The van der Waals surface area contributed by atoms with Gasteiger partial charge in [-0.25, -0.2) is 13.1 Å². The third kappa shape index (κ3) is 4.23. The molecule has 1 heterocycles. The van der Waals surface area contributed by atoms with Crippen molar-refractivity contribution in [3.8, 4) is 0 Å². The number of aryl methyl sites for hydroxylation is 1. The summed E-state index contributed by atoms with van der Waals surface area (Å²) in [6.45, 7) is 7.91. The molecule has 1 rings (SSSR count). The summed E-state index contributed by atoms with van der Waals surface area (Å²) in [6.07, 6.45) is 0.620. The van der Waals surface area contributed by atoms with E-state index in [0.29, 0.717) is 16.5 Å². The minimum atomic E-state index is -3.43. The second kappa shape index (κ2) is 5.90. The van der Waals surface area contributed by atoms with Crippen LogP contribution in [0.3, 0.4) is 0 Å². The van der Waals surface area contributed by atoms with Crippen molar-refractivity contribution in [1.82, 2.24) is 4.72 Å². The van der Waals surface area contributed by atoms with Crippen molar-refractivity contribution in [3.63, 3.8) is 0 Å². The van der Waals surface area contributed by atoms with Crippen LogP contribution in [-0.4, -0.2) is 20.3 Å². The lowest BCUT2D eigenvalue weighted by molar-refractivity contribution is 0.293. The summed E-state index contributed by atoms with van der Waals surface area (Å²) in [7, 11) is -3.43. The Balaban J connectivity index is 2.93. The number of nitrogens with one attached hydrogen (secondary N) is 1. The number of alkyl halides is 1. The van der Waals surface area contributed by atoms with Gasteiger partial charge in [0.15, 0.2) is 0 Å². The minimum Gasteiger partial charge on any atom is -0.207 e. The van der Waals surface area contributed by atoms with Crippen molar-refractivity contribution in [2.75, 3.05) is 5.88 Å². The molecule has 0 spiro atoms. The molecule has 1 aromatic heterocycles. The molecule has 0 amide bonds. The number of thiophene rings is 1. The molecule has 0 aliphatic carbocycles. The van der Waals surface area contributed by atoms with E-state index in [9.17, 15) is 8.42 Å². The van der Waals surface area contributed by atoms with Crippen molar-refractivity contribution in [2.24, 2.45) is 5.41 Å². The molecule has 6 heteroatoms. The van der Waals surface area contributed by atoms with Gasteiger partial charge in [-0.05, 0) is 30.9 Å². The lowest BCUT2D eigenvalue weighted by Gasteiger charge is -2.30. The van der Waals surface area contributed by atoms with Crippen molar-refractivity contribution < 1.29 is 8.42 Å². The topological polar surface area (TPSA) is 46.2 Å². The highest BCUT2D eigenvalue weighted by Gasteiger charge is 2.29. The second-order valence-electron chi connectivity index (χ2n) is 5.38. The predicted molar refractivity (Wildman–Crippen MR) is 78.0 cm³/mol. The average molecular weight is 310 g/mol. The Labute approximate surface area is 119 Å². The van der Waals surface area contributed by atoms with E-state index in [2.05, 4.69) is 4.72 Å². The fraction of sp³-hybridized carbons (Fsp3) is 0.667. The lowest BCUT2D eigenvalue weighted by atomic mass is 9.86. The number of hydrogen-bond acceptors (Lipinski definition) is 3. The van der Waals surface area contributed by atoms with Crippen LogP contribution in [0.1, 0.15) is 32.1 Å². The largest absolute Gasteiger partial charge is 0.250 e. The molecule has 104 valence electrons. The first-order valence-corrected chi connectivity index (χ1v) is 8.65. The lowest BCUT2D eigenvalue weighted by Crippen LogP contribution is -2.43. The molecule has 18 heavy (non-hydrogen) atoms. The van der Waals surface area contributed by atoms with Gasteiger partial charge in [0.1, 0.15) is 4.21 Å². The smallest absolute Gasteiger partial charge is 0.207 e. The third-order valence-corrected chi connectivity index (χ3v) is 5.90. The van der Waals surface area contributed by atoms with E-state index < -0.39 is 10.0 Å². The van der Waals surface area contributed by atoms with E-state index in [1.165, 1.54) is 11.3 Å². The molecule has 1 aromatic rings. The Morgan fingerprint density at radius 2 is 2.00 bits per heavy atom. The standard InChI is InChI=1S/C12H20ClNO2S2/c1-9-5-6-11(17-9)18(15,16)14-10(7-8-13)12(2,3)4/h5-6,10,14H,7-8H2,1-4H3. The molecule has 0 fully saturated rings. The molecule has 0 saturated carbocycles. The Bertz CT molecular complexity index is 488. The van der Waals surface area contributed by atoms with Crippen LogP contribution in [0.4, 0.5) is 0 Å². The first kappa shape index (κ1) is 16.0. The Morgan fingerprint density at radius 1 is 1.39 bits per heavy atom. The van der Waals surface area contributed by atoms with Crippen molar-refractivity contribution in [2.45, 2.75) is 44.4 Å². The fourth-order valence-electron chi connectivity index (χ4n) is 1.58. The summed E-state index contributed by atoms with van der Waals surface area (Å²) >= 11 is 7.03. The van der Waals surface area contributed by atoms with Crippen molar-refractivity contribution >= 4 is 33.0 Å². The van der Waals surface area contributed by atoms with Crippen LogP contribution in [0.2, 0.25) is 0 Å². The van der Waals surface area contributed by atoms with Gasteiger partial charge in [-0.15, -0.1) is 22.9 Å². The van der Waals surface area contributed by atoms with E-state index in [0.717, 1.165) is 4.88 Å². The molecule has 3 nitrogen and oxygen atoms in total. The van der Waals surface area contributed by atoms with E-state index in [1.807, 2.05) is 33.8 Å². The van der Waals surface area contributed by atoms with Gasteiger partial charge in [0.05, 0.1) is 0 Å². The average Bonchev–Trinajstić information content (AvgIpc) is 2.63. The van der Waals surface area contributed by atoms with Gasteiger partial charge in [-0.3, -0.25) is 0 Å². The Morgan fingerprint density at radius 3 is 2.39 bits per heavy atom. The molecule has 0 aliphatic heterocycles. The number of sulfonamides is 1. The fourth-order valence-corrected chi connectivity index (χ4v) is 4.57. The van der Waals surface area contributed by atoms with Gasteiger partial charge in [0.25, 0.3) is 0 Å². The van der Waals surface area contributed by atoms with Crippen LogP contribution in [0.15, 0.2) is 16.3 Å². The maximum absolute atomic E-state index is 12.2. The van der Waals surface area contributed by atoms with Crippen LogP contribution in [0.5, 0.6) is 0 Å². The highest BCUT2D eigenvalue weighted by Crippen LogP contribution is 2.26. The van der Waals surface area contributed by atoms with Gasteiger partial charge in [0.2, 0.25) is 10.0 Å². The molecular formula is C12H20ClNO2S2. The first-order chi connectivity index (χ1) is 8.16. The zero-order valence-electron chi connectivity index (χ0n) is 11.2. The summed E-state index contributed by atoms with van der Waals surface area (Å²) in [5, 5.41) is 0. The highest BCUT2D eigenvalue weighted by atomic mass is 35.5. The predicted octanol–water partition coefficient (Wildman–Crippen LogP) is 3.38. The van der Waals surface area contributed by atoms with Gasteiger partial charge >= 0.3 is 0 Å². The van der Waals surface area contributed by atoms with Crippen LogP contribution in [0, 0.1) is 12.3 Å². The Kier molecular flexibility index (Phi) is 5.23. The van der Waals surface area contributed by atoms with E-state index in [4.69, 9.17) is 11.6 Å². The number of hydrogen-bond donors (Lipinski definition) is 1. The van der Waals surface area contributed by atoms with E-state index in [-0.39, 0.29) is 11.5 Å². The van der Waals surface area contributed by atoms with Crippen molar-refractivity contribution in [3.05, 3.63) is 17.0 Å². The molecule has 1 unspecified atom stereocenters. The van der Waals surface area contributed by atoms with Crippen molar-refractivity contribution in [1.29, 1.82) is 0 Å². The number of halogens is 1. The molecule has 1 N–H and O–H groups in total. The first-order valence-electron chi connectivity index (χ1n) is 5.81. The highest BCUT2D eigenvalue weighted by molar-refractivity contribution is 7.91. The molecule has 0 bridgehead atoms.